The Morgan fingerprint density at radius 2 is 2.26 bits per heavy atom. The first-order valence-corrected chi connectivity index (χ1v) is 7.64. The summed E-state index contributed by atoms with van der Waals surface area (Å²) >= 11 is 6.31. The minimum atomic E-state index is -0.254. The summed E-state index contributed by atoms with van der Waals surface area (Å²) in [6.07, 6.45) is 4.71. The van der Waals surface area contributed by atoms with E-state index in [4.69, 9.17) is 11.6 Å². The van der Waals surface area contributed by atoms with Crippen molar-refractivity contribution >= 4 is 11.6 Å². The third-order valence-corrected chi connectivity index (χ3v) is 4.85. The minimum Gasteiger partial charge on any atom is -0.316 e. The van der Waals surface area contributed by atoms with E-state index in [9.17, 15) is 4.39 Å². The molecule has 1 saturated carbocycles. The molecular formula is C16H23ClFN. The van der Waals surface area contributed by atoms with Crippen LogP contribution in [0, 0.1) is 11.7 Å². The molecule has 0 amide bonds. The molecule has 1 aromatic carbocycles. The zero-order chi connectivity index (χ0) is 13.9. The average Bonchev–Trinajstić information content (AvgIpc) is 2.72. The molecule has 2 unspecified atom stereocenters. The van der Waals surface area contributed by atoms with Crippen LogP contribution in [-0.2, 0) is 5.41 Å². The van der Waals surface area contributed by atoms with Gasteiger partial charge >= 0.3 is 0 Å². The molecule has 0 saturated heterocycles. The highest BCUT2D eigenvalue weighted by Crippen LogP contribution is 2.47. The van der Waals surface area contributed by atoms with Gasteiger partial charge in [0.05, 0.1) is 0 Å². The molecule has 19 heavy (non-hydrogen) atoms. The van der Waals surface area contributed by atoms with E-state index in [0.717, 1.165) is 31.5 Å². The standard InChI is InChI=1S/C16H23ClFN/c1-3-9-19-11-16(8-4-5-12(16)2)14-7-6-13(18)10-15(14)17/h6-7,10,12,19H,3-5,8-9,11H2,1-2H3. The first-order valence-electron chi connectivity index (χ1n) is 7.26. The van der Waals surface area contributed by atoms with Crippen LogP contribution in [-0.4, -0.2) is 13.1 Å². The number of hydrogen-bond acceptors (Lipinski definition) is 1. The quantitative estimate of drug-likeness (QED) is 0.783. The molecule has 1 aliphatic carbocycles. The predicted molar refractivity (Wildman–Crippen MR) is 79.3 cm³/mol. The zero-order valence-corrected chi connectivity index (χ0v) is 12.6. The molecule has 0 aromatic heterocycles. The summed E-state index contributed by atoms with van der Waals surface area (Å²) in [6.45, 7) is 6.42. The van der Waals surface area contributed by atoms with E-state index in [1.807, 2.05) is 6.07 Å². The third-order valence-electron chi connectivity index (χ3n) is 4.54. The van der Waals surface area contributed by atoms with Crippen molar-refractivity contribution in [3.05, 3.63) is 34.6 Å². The Kier molecular flexibility index (Phi) is 4.86. The second kappa shape index (κ2) is 6.23. The van der Waals surface area contributed by atoms with Gasteiger partial charge in [0.2, 0.25) is 0 Å². The second-order valence-corrected chi connectivity index (χ2v) is 6.16. The summed E-state index contributed by atoms with van der Waals surface area (Å²) in [4.78, 5) is 0. The van der Waals surface area contributed by atoms with Crippen molar-refractivity contribution in [1.82, 2.24) is 5.32 Å². The highest BCUT2D eigenvalue weighted by molar-refractivity contribution is 6.31. The summed E-state index contributed by atoms with van der Waals surface area (Å²) in [5.74, 6) is 0.330. The molecule has 1 fully saturated rings. The van der Waals surface area contributed by atoms with Gasteiger partial charge < -0.3 is 5.32 Å². The van der Waals surface area contributed by atoms with Crippen LogP contribution >= 0.6 is 11.6 Å². The van der Waals surface area contributed by atoms with Gasteiger partial charge in [-0.15, -0.1) is 0 Å². The van der Waals surface area contributed by atoms with E-state index < -0.39 is 0 Å². The van der Waals surface area contributed by atoms with Crippen LogP contribution in [0.25, 0.3) is 0 Å². The molecule has 0 bridgehead atoms. The molecule has 0 heterocycles. The van der Waals surface area contributed by atoms with E-state index >= 15 is 0 Å². The second-order valence-electron chi connectivity index (χ2n) is 5.75. The SMILES string of the molecule is CCCNCC1(c2ccc(F)cc2Cl)CCCC1C. The molecule has 1 aromatic rings. The summed E-state index contributed by atoms with van der Waals surface area (Å²) in [7, 11) is 0. The molecule has 0 spiro atoms. The Labute approximate surface area is 120 Å². The zero-order valence-electron chi connectivity index (χ0n) is 11.8. The molecule has 0 aliphatic heterocycles. The molecular weight excluding hydrogens is 261 g/mol. The van der Waals surface area contributed by atoms with E-state index in [-0.39, 0.29) is 11.2 Å². The van der Waals surface area contributed by atoms with Crippen LogP contribution in [0.5, 0.6) is 0 Å². The average molecular weight is 284 g/mol. The Hall–Kier alpha value is -0.600. The number of hydrogen-bond donors (Lipinski definition) is 1. The van der Waals surface area contributed by atoms with Gasteiger partial charge in [-0.05, 0) is 49.4 Å². The number of halogens is 2. The van der Waals surface area contributed by atoms with E-state index in [0.29, 0.717) is 10.9 Å². The lowest BCUT2D eigenvalue weighted by molar-refractivity contribution is 0.318. The van der Waals surface area contributed by atoms with Crippen LogP contribution in [0.1, 0.15) is 45.1 Å². The summed E-state index contributed by atoms with van der Waals surface area (Å²) in [5.41, 5.74) is 1.18. The fourth-order valence-electron chi connectivity index (χ4n) is 3.39. The lowest BCUT2D eigenvalue weighted by Gasteiger charge is -2.35. The van der Waals surface area contributed by atoms with Crippen molar-refractivity contribution in [1.29, 1.82) is 0 Å². The van der Waals surface area contributed by atoms with Gasteiger partial charge in [0.1, 0.15) is 5.82 Å². The van der Waals surface area contributed by atoms with Gasteiger partial charge in [-0.3, -0.25) is 0 Å². The molecule has 1 aliphatic rings. The maximum Gasteiger partial charge on any atom is 0.124 e. The van der Waals surface area contributed by atoms with Crippen molar-refractivity contribution < 1.29 is 4.39 Å². The van der Waals surface area contributed by atoms with Crippen molar-refractivity contribution in [2.45, 2.75) is 44.9 Å². The maximum atomic E-state index is 13.3. The smallest absolute Gasteiger partial charge is 0.124 e. The maximum absolute atomic E-state index is 13.3. The highest BCUT2D eigenvalue weighted by atomic mass is 35.5. The molecule has 2 atom stereocenters. The summed E-state index contributed by atoms with van der Waals surface area (Å²) in [6, 6.07) is 4.87. The van der Waals surface area contributed by atoms with Gasteiger partial charge in [-0.2, -0.15) is 0 Å². The Morgan fingerprint density at radius 1 is 1.47 bits per heavy atom. The summed E-state index contributed by atoms with van der Waals surface area (Å²) < 4.78 is 13.3. The third kappa shape index (κ3) is 2.95. The lowest BCUT2D eigenvalue weighted by Crippen LogP contribution is -2.41. The van der Waals surface area contributed by atoms with E-state index in [2.05, 4.69) is 19.2 Å². The van der Waals surface area contributed by atoms with Crippen LogP contribution < -0.4 is 5.32 Å². The van der Waals surface area contributed by atoms with Crippen LogP contribution in [0.2, 0.25) is 5.02 Å². The fraction of sp³-hybridized carbons (Fsp3) is 0.625. The summed E-state index contributed by atoms with van der Waals surface area (Å²) in [5, 5.41) is 4.11. The van der Waals surface area contributed by atoms with Crippen LogP contribution in [0.4, 0.5) is 4.39 Å². The van der Waals surface area contributed by atoms with Crippen molar-refractivity contribution in [3.63, 3.8) is 0 Å². The molecule has 2 rings (SSSR count). The van der Waals surface area contributed by atoms with Gasteiger partial charge in [0.15, 0.2) is 0 Å². The van der Waals surface area contributed by atoms with Gasteiger partial charge in [-0.1, -0.05) is 37.9 Å². The number of nitrogens with one attached hydrogen (secondary N) is 1. The minimum absolute atomic E-state index is 0.0694. The van der Waals surface area contributed by atoms with Crippen molar-refractivity contribution in [2.75, 3.05) is 13.1 Å². The van der Waals surface area contributed by atoms with Gasteiger partial charge in [0.25, 0.3) is 0 Å². The molecule has 106 valence electrons. The fourth-order valence-corrected chi connectivity index (χ4v) is 3.74. The van der Waals surface area contributed by atoms with Gasteiger partial charge in [-0.25, -0.2) is 4.39 Å². The normalized spacial score (nSPS) is 26.8. The first kappa shape index (κ1) is 14.8. The topological polar surface area (TPSA) is 12.0 Å². The lowest BCUT2D eigenvalue weighted by atomic mass is 9.72. The molecule has 1 N–H and O–H groups in total. The molecule has 0 radical (unpaired) electrons. The predicted octanol–water partition coefficient (Wildman–Crippen LogP) is 4.54. The Balaban J connectivity index is 2.31. The molecule has 3 heteroatoms. The largest absolute Gasteiger partial charge is 0.316 e. The van der Waals surface area contributed by atoms with E-state index in [1.165, 1.54) is 25.0 Å². The van der Waals surface area contributed by atoms with E-state index in [1.54, 1.807) is 0 Å². The Bertz CT molecular complexity index is 435. The monoisotopic (exact) mass is 283 g/mol. The first-order chi connectivity index (χ1) is 9.10. The number of benzene rings is 1. The van der Waals surface area contributed by atoms with Crippen molar-refractivity contribution in [2.24, 2.45) is 5.92 Å². The number of rotatable bonds is 5. The Morgan fingerprint density at radius 3 is 2.84 bits per heavy atom. The van der Waals surface area contributed by atoms with Crippen LogP contribution in [0.3, 0.4) is 0 Å². The highest BCUT2D eigenvalue weighted by Gasteiger charge is 2.42. The van der Waals surface area contributed by atoms with Crippen molar-refractivity contribution in [3.8, 4) is 0 Å². The van der Waals surface area contributed by atoms with Crippen LogP contribution in [0.15, 0.2) is 18.2 Å². The van der Waals surface area contributed by atoms with Gasteiger partial charge in [0, 0.05) is 17.0 Å². The molecule has 1 nitrogen and oxygen atoms in total.